The van der Waals surface area contributed by atoms with Crippen molar-refractivity contribution in [1.82, 2.24) is 25.5 Å². The van der Waals surface area contributed by atoms with Gasteiger partial charge in [0.1, 0.15) is 12.4 Å². The van der Waals surface area contributed by atoms with Crippen LogP contribution in [0.3, 0.4) is 0 Å². The minimum atomic E-state index is -0.308. The second kappa shape index (κ2) is 5.59. The number of halogens is 1. The van der Waals surface area contributed by atoms with Gasteiger partial charge in [-0.15, -0.1) is 10.2 Å². The van der Waals surface area contributed by atoms with Crippen molar-refractivity contribution in [3.63, 3.8) is 0 Å². The molecule has 7 heteroatoms. The third kappa shape index (κ3) is 3.42. The molecule has 0 spiro atoms. The maximum Gasteiger partial charge on any atom is 0.243 e. The van der Waals surface area contributed by atoms with Crippen molar-refractivity contribution in [2.24, 2.45) is 0 Å². The standard InChI is InChI=1S/C14H16FN5O/c1-9-2-5-12(15)6-11(9)7-16-13(21)8-20-18-14(17-19-20)10-3-4-10/h2,5-6,10H,3-4,7-8H2,1H3,(H,16,21). The third-order valence-electron chi connectivity index (χ3n) is 3.48. The van der Waals surface area contributed by atoms with Crippen molar-refractivity contribution in [3.05, 3.63) is 41.0 Å². The fourth-order valence-electron chi connectivity index (χ4n) is 2.04. The highest BCUT2D eigenvalue weighted by atomic mass is 19.1. The third-order valence-corrected chi connectivity index (χ3v) is 3.48. The van der Waals surface area contributed by atoms with Crippen molar-refractivity contribution in [1.29, 1.82) is 0 Å². The van der Waals surface area contributed by atoms with E-state index in [0.717, 1.165) is 24.0 Å². The molecule has 1 saturated carbocycles. The quantitative estimate of drug-likeness (QED) is 0.901. The number of nitrogens with zero attached hydrogens (tertiary/aromatic N) is 4. The number of hydrogen-bond acceptors (Lipinski definition) is 4. The largest absolute Gasteiger partial charge is 0.350 e. The second-order valence-electron chi connectivity index (χ2n) is 5.30. The molecule has 0 unspecified atom stereocenters. The summed E-state index contributed by atoms with van der Waals surface area (Å²) in [5.74, 6) is 0.593. The molecule has 2 aromatic rings. The lowest BCUT2D eigenvalue weighted by molar-refractivity contribution is -0.122. The molecular formula is C14H16FN5O. The number of aromatic nitrogens is 4. The maximum absolute atomic E-state index is 13.2. The van der Waals surface area contributed by atoms with E-state index in [4.69, 9.17) is 0 Å². The fraction of sp³-hybridized carbons (Fsp3) is 0.429. The lowest BCUT2D eigenvalue weighted by atomic mass is 10.1. The van der Waals surface area contributed by atoms with Gasteiger partial charge in [0.25, 0.3) is 0 Å². The second-order valence-corrected chi connectivity index (χ2v) is 5.30. The number of rotatable bonds is 5. The summed E-state index contributed by atoms with van der Waals surface area (Å²) in [6, 6.07) is 4.52. The molecule has 0 atom stereocenters. The van der Waals surface area contributed by atoms with Gasteiger partial charge in [-0.2, -0.15) is 4.80 Å². The number of nitrogens with one attached hydrogen (secondary N) is 1. The molecule has 21 heavy (non-hydrogen) atoms. The van der Waals surface area contributed by atoms with E-state index in [0.29, 0.717) is 11.7 Å². The Bertz CT molecular complexity index is 665. The first-order chi connectivity index (χ1) is 10.1. The number of carbonyl (C=O) groups excluding carboxylic acids is 1. The van der Waals surface area contributed by atoms with Crippen LogP contribution in [0.4, 0.5) is 4.39 Å². The van der Waals surface area contributed by atoms with Crippen molar-refractivity contribution in [3.8, 4) is 0 Å². The van der Waals surface area contributed by atoms with E-state index < -0.39 is 0 Å². The fourth-order valence-corrected chi connectivity index (χ4v) is 2.04. The Labute approximate surface area is 121 Å². The summed E-state index contributed by atoms with van der Waals surface area (Å²) in [6.45, 7) is 2.18. The molecule has 1 aliphatic rings. The molecular weight excluding hydrogens is 273 g/mol. The van der Waals surface area contributed by atoms with Gasteiger partial charge in [-0.3, -0.25) is 4.79 Å². The lowest BCUT2D eigenvalue weighted by Gasteiger charge is -2.07. The Morgan fingerprint density at radius 3 is 3.05 bits per heavy atom. The molecule has 0 aliphatic heterocycles. The van der Waals surface area contributed by atoms with Gasteiger partial charge in [0, 0.05) is 12.5 Å². The highest BCUT2D eigenvalue weighted by Crippen LogP contribution is 2.37. The minimum absolute atomic E-state index is 0.0219. The normalized spacial score (nSPS) is 14.2. The van der Waals surface area contributed by atoms with E-state index in [1.807, 2.05) is 6.92 Å². The van der Waals surface area contributed by atoms with E-state index in [1.54, 1.807) is 6.07 Å². The summed E-state index contributed by atoms with van der Waals surface area (Å²) < 4.78 is 13.2. The van der Waals surface area contributed by atoms with Crippen molar-refractivity contribution >= 4 is 5.91 Å². The van der Waals surface area contributed by atoms with Gasteiger partial charge in [-0.25, -0.2) is 4.39 Å². The summed E-state index contributed by atoms with van der Waals surface area (Å²) in [6.07, 6.45) is 2.19. The Kier molecular flexibility index (Phi) is 3.64. The Morgan fingerprint density at radius 1 is 1.48 bits per heavy atom. The monoisotopic (exact) mass is 289 g/mol. The van der Waals surface area contributed by atoms with Crippen LogP contribution in [0.15, 0.2) is 18.2 Å². The molecule has 0 saturated heterocycles. The SMILES string of the molecule is Cc1ccc(F)cc1CNC(=O)Cn1nnc(C2CC2)n1. The summed E-state index contributed by atoms with van der Waals surface area (Å²) in [7, 11) is 0. The van der Waals surface area contributed by atoms with Crippen LogP contribution >= 0.6 is 0 Å². The van der Waals surface area contributed by atoms with Crippen LogP contribution in [0.5, 0.6) is 0 Å². The first kappa shape index (κ1) is 13.7. The van der Waals surface area contributed by atoms with E-state index in [1.165, 1.54) is 16.9 Å². The average Bonchev–Trinajstić information content (AvgIpc) is 3.21. The van der Waals surface area contributed by atoms with Crippen LogP contribution in [0.2, 0.25) is 0 Å². The molecule has 1 heterocycles. The first-order valence-corrected chi connectivity index (χ1v) is 6.91. The van der Waals surface area contributed by atoms with Crippen molar-refractivity contribution in [2.75, 3.05) is 0 Å². The summed E-state index contributed by atoms with van der Waals surface area (Å²) in [4.78, 5) is 13.1. The molecule has 1 fully saturated rings. The van der Waals surface area contributed by atoms with Crippen molar-refractivity contribution in [2.45, 2.75) is 38.8 Å². The zero-order valence-corrected chi connectivity index (χ0v) is 11.7. The average molecular weight is 289 g/mol. The van der Waals surface area contributed by atoms with Crippen LogP contribution in [-0.4, -0.2) is 26.1 Å². The summed E-state index contributed by atoms with van der Waals surface area (Å²) >= 11 is 0. The predicted octanol–water partition coefficient (Wildman–Crippen LogP) is 1.31. The smallest absolute Gasteiger partial charge is 0.243 e. The van der Waals surface area contributed by atoms with Gasteiger partial charge in [0.2, 0.25) is 5.91 Å². The van der Waals surface area contributed by atoms with Crippen molar-refractivity contribution < 1.29 is 9.18 Å². The van der Waals surface area contributed by atoms with E-state index in [9.17, 15) is 9.18 Å². The van der Waals surface area contributed by atoms with Gasteiger partial charge in [-0.05, 0) is 48.2 Å². The number of carbonyl (C=O) groups is 1. The van der Waals surface area contributed by atoms with Gasteiger partial charge >= 0.3 is 0 Å². The highest BCUT2D eigenvalue weighted by molar-refractivity contribution is 5.75. The molecule has 110 valence electrons. The highest BCUT2D eigenvalue weighted by Gasteiger charge is 2.28. The number of hydrogen-bond donors (Lipinski definition) is 1. The zero-order chi connectivity index (χ0) is 14.8. The molecule has 6 nitrogen and oxygen atoms in total. The van der Waals surface area contributed by atoms with E-state index in [-0.39, 0.29) is 24.8 Å². The molecule has 1 N–H and O–H groups in total. The maximum atomic E-state index is 13.2. The van der Waals surface area contributed by atoms with Gasteiger partial charge < -0.3 is 5.32 Å². The topological polar surface area (TPSA) is 72.7 Å². The molecule has 0 bridgehead atoms. The number of benzene rings is 1. The number of aryl methyl sites for hydroxylation is 1. The van der Waals surface area contributed by atoms with Crippen LogP contribution in [0, 0.1) is 12.7 Å². The van der Waals surface area contributed by atoms with Gasteiger partial charge in [-0.1, -0.05) is 6.07 Å². The Morgan fingerprint density at radius 2 is 2.29 bits per heavy atom. The molecule has 1 amide bonds. The number of tetrazole rings is 1. The van der Waals surface area contributed by atoms with Crippen LogP contribution in [0.25, 0.3) is 0 Å². The number of amides is 1. The zero-order valence-electron chi connectivity index (χ0n) is 11.7. The summed E-state index contributed by atoms with van der Waals surface area (Å²) in [5, 5.41) is 14.7. The Balaban J connectivity index is 1.54. The van der Waals surface area contributed by atoms with E-state index in [2.05, 4.69) is 20.7 Å². The Hall–Kier alpha value is -2.31. The van der Waals surface area contributed by atoms with Crippen LogP contribution < -0.4 is 5.32 Å². The molecule has 1 aromatic heterocycles. The van der Waals surface area contributed by atoms with Gasteiger partial charge in [0.15, 0.2) is 5.82 Å². The van der Waals surface area contributed by atoms with Gasteiger partial charge in [0.05, 0.1) is 0 Å². The predicted molar refractivity (Wildman–Crippen MR) is 72.8 cm³/mol. The molecule has 3 rings (SSSR count). The molecule has 1 aliphatic carbocycles. The molecule has 0 radical (unpaired) electrons. The minimum Gasteiger partial charge on any atom is -0.350 e. The van der Waals surface area contributed by atoms with Crippen LogP contribution in [-0.2, 0) is 17.9 Å². The molecule has 1 aromatic carbocycles. The van der Waals surface area contributed by atoms with E-state index >= 15 is 0 Å². The van der Waals surface area contributed by atoms with Crippen LogP contribution in [0.1, 0.15) is 35.7 Å². The lowest BCUT2D eigenvalue weighted by Crippen LogP contribution is -2.28. The summed E-state index contributed by atoms with van der Waals surface area (Å²) in [5.41, 5.74) is 1.69. The first-order valence-electron chi connectivity index (χ1n) is 6.91.